The molecular formula is C17H21FN4O. The zero-order valence-electron chi connectivity index (χ0n) is 13.3. The van der Waals surface area contributed by atoms with Crippen LogP contribution in [0.15, 0.2) is 30.5 Å². The maximum Gasteiger partial charge on any atom is 0.234 e. The van der Waals surface area contributed by atoms with Gasteiger partial charge in [-0.25, -0.2) is 9.07 Å². The second-order valence-electron chi connectivity index (χ2n) is 6.81. The molecule has 0 radical (unpaired) electrons. The van der Waals surface area contributed by atoms with Crippen molar-refractivity contribution in [2.24, 2.45) is 11.1 Å². The highest BCUT2D eigenvalue weighted by Gasteiger charge is 2.35. The van der Waals surface area contributed by atoms with Crippen molar-refractivity contribution >= 4 is 5.91 Å². The third kappa shape index (κ3) is 3.12. The number of hydrogen-bond donors (Lipinski definition) is 2. The molecule has 0 aliphatic heterocycles. The van der Waals surface area contributed by atoms with Crippen LogP contribution < -0.4 is 11.1 Å². The summed E-state index contributed by atoms with van der Waals surface area (Å²) in [5.74, 6) is -0.480. The summed E-state index contributed by atoms with van der Waals surface area (Å²) in [4.78, 5) is 11.7. The molecular weight excluding hydrogens is 295 g/mol. The summed E-state index contributed by atoms with van der Waals surface area (Å²) in [7, 11) is 0. The number of benzene rings is 1. The van der Waals surface area contributed by atoms with Gasteiger partial charge in [-0.3, -0.25) is 4.79 Å². The third-order valence-electron chi connectivity index (χ3n) is 4.25. The Bertz CT molecular complexity index is 738. The molecule has 3 N–H and O–H groups in total. The van der Waals surface area contributed by atoms with E-state index in [0.29, 0.717) is 5.69 Å². The van der Waals surface area contributed by atoms with E-state index in [9.17, 15) is 9.18 Å². The summed E-state index contributed by atoms with van der Waals surface area (Å²) >= 11 is 0. The second kappa shape index (κ2) is 5.77. The first-order valence-electron chi connectivity index (χ1n) is 7.72. The summed E-state index contributed by atoms with van der Waals surface area (Å²) in [6.45, 7) is 4.27. The van der Waals surface area contributed by atoms with E-state index in [2.05, 4.69) is 24.3 Å². The number of hydrogen-bond acceptors (Lipinski definition) is 3. The fourth-order valence-electron chi connectivity index (χ4n) is 3.25. The number of amides is 1. The van der Waals surface area contributed by atoms with Gasteiger partial charge in [0.1, 0.15) is 5.82 Å². The standard InChI is InChI=1S/C17H21FN4O/c1-17(2)7-14(21-16(23)9-19)13-10-20-22(15(13)8-17)12-5-3-4-11(18)6-12/h3-6,10,14H,7-9,19H2,1-2H3,(H,21,23)/t14-/m1/s1. The van der Waals surface area contributed by atoms with Gasteiger partial charge in [0.25, 0.3) is 0 Å². The minimum atomic E-state index is -0.296. The highest BCUT2D eigenvalue weighted by molar-refractivity contribution is 5.78. The summed E-state index contributed by atoms with van der Waals surface area (Å²) in [5, 5.41) is 7.39. The lowest BCUT2D eigenvalue weighted by molar-refractivity contribution is -0.120. The Morgan fingerprint density at radius 1 is 1.52 bits per heavy atom. The predicted octanol–water partition coefficient (Wildman–Crippen LogP) is 2.10. The number of aromatic nitrogens is 2. The lowest BCUT2D eigenvalue weighted by atomic mass is 9.74. The van der Waals surface area contributed by atoms with Gasteiger partial charge in [-0.05, 0) is 36.5 Å². The molecule has 1 aromatic carbocycles. The highest BCUT2D eigenvalue weighted by Crippen LogP contribution is 2.41. The number of nitrogens with zero attached hydrogens (tertiary/aromatic N) is 2. The molecule has 0 bridgehead atoms. The van der Waals surface area contributed by atoms with Crippen molar-refractivity contribution in [1.29, 1.82) is 0 Å². The normalized spacial score (nSPS) is 19.2. The van der Waals surface area contributed by atoms with Gasteiger partial charge in [-0.1, -0.05) is 19.9 Å². The number of halogens is 1. The molecule has 23 heavy (non-hydrogen) atoms. The van der Waals surface area contributed by atoms with Crippen LogP contribution in [-0.4, -0.2) is 22.2 Å². The number of nitrogens with one attached hydrogen (secondary N) is 1. The number of nitrogens with two attached hydrogens (primary N) is 1. The van der Waals surface area contributed by atoms with Crippen molar-refractivity contribution in [3.63, 3.8) is 0 Å². The maximum absolute atomic E-state index is 13.5. The van der Waals surface area contributed by atoms with Crippen LogP contribution in [-0.2, 0) is 11.2 Å². The molecule has 6 heteroatoms. The van der Waals surface area contributed by atoms with Crippen LogP contribution in [0.3, 0.4) is 0 Å². The van der Waals surface area contributed by atoms with Crippen LogP contribution in [0.2, 0.25) is 0 Å². The van der Waals surface area contributed by atoms with E-state index >= 15 is 0 Å². The summed E-state index contributed by atoms with van der Waals surface area (Å²) in [6, 6.07) is 6.24. The van der Waals surface area contributed by atoms with Gasteiger partial charge in [0.15, 0.2) is 0 Å². The lowest BCUT2D eigenvalue weighted by Gasteiger charge is -2.35. The Morgan fingerprint density at radius 3 is 3.00 bits per heavy atom. The average Bonchev–Trinajstić information content (AvgIpc) is 2.89. The number of carbonyl (C=O) groups excluding carboxylic acids is 1. The van der Waals surface area contributed by atoms with Crippen LogP contribution >= 0.6 is 0 Å². The van der Waals surface area contributed by atoms with E-state index in [1.807, 2.05) is 6.07 Å². The Balaban J connectivity index is 2.03. The molecule has 1 amide bonds. The number of fused-ring (bicyclic) bond motifs is 1. The Morgan fingerprint density at radius 2 is 2.30 bits per heavy atom. The summed E-state index contributed by atoms with van der Waals surface area (Å²) < 4.78 is 15.3. The summed E-state index contributed by atoms with van der Waals surface area (Å²) in [5.41, 5.74) is 8.10. The number of rotatable bonds is 3. The lowest BCUT2D eigenvalue weighted by Crippen LogP contribution is -2.39. The molecule has 0 spiro atoms. The van der Waals surface area contributed by atoms with Gasteiger partial charge >= 0.3 is 0 Å². The first-order chi connectivity index (χ1) is 10.9. The van der Waals surface area contributed by atoms with E-state index in [4.69, 9.17) is 5.73 Å². The minimum Gasteiger partial charge on any atom is -0.348 e. The fourth-order valence-corrected chi connectivity index (χ4v) is 3.25. The Kier molecular flexibility index (Phi) is 3.93. The molecule has 1 heterocycles. The largest absolute Gasteiger partial charge is 0.348 e. The molecule has 0 unspecified atom stereocenters. The molecule has 5 nitrogen and oxygen atoms in total. The molecule has 1 aromatic heterocycles. The zero-order chi connectivity index (χ0) is 16.6. The van der Waals surface area contributed by atoms with E-state index in [-0.39, 0.29) is 29.7 Å². The van der Waals surface area contributed by atoms with E-state index in [0.717, 1.165) is 24.1 Å². The molecule has 1 atom stereocenters. The molecule has 1 aliphatic carbocycles. The molecule has 3 rings (SSSR count). The summed E-state index contributed by atoms with van der Waals surface area (Å²) in [6.07, 6.45) is 3.39. The van der Waals surface area contributed by atoms with Crippen LogP contribution in [0.5, 0.6) is 0 Å². The van der Waals surface area contributed by atoms with Crippen molar-refractivity contribution < 1.29 is 9.18 Å². The van der Waals surface area contributed by atoms with Crippen LogP contribution in [0.1, 0.15) is 37.6 Å². The van der Waals surface area contributed by atoms with E-state index in [1.165, 1.54) is 12.1 Å². The topological polar surface area (TPSA) is 72.9 Å². The van der Waals surface area contributed by atoms with Gasteiger partial charge in [-0.2, -0.15) is 5.10 Å². The molecule has 1 aliphatic rings. The van der Waals surface area contributed by atoms with Crippen molar-refractivity contribution in [3.05, 3.63) is 47.5 Å². The van der Waals surface area contributed by atoms with Crippen LogP contribution in [0.4, 0.5) is 4.39 Å². The maximum atomic E-state index is 13.5. The van der Waals surface area contributed by atoms with Gasteiger partial charge in [-0.15, -0.1) is 0 Å². The average molecular weight is 316 g/mol. The monoisotopic (exact) mass is 316 g/mol. The van der Waals surface area contributed by atoms with Crippen molar-refractivity contribution in [3.8, 4) is 5.69 Å². The first-order valence-corrected chi connectivity index (χ1v) is 7.72. The van der Waals surface area contributed by atoms with Gasteiger partial charge in [0.2, 0.25) is 5.91 Å². The Labute approximate surface area is 134 Å². The van der Waals surface area contributed by atoms with Crippen LogP contribution in [0.25, 0.3) is 5.69 Å². The molecule has 0 saturated carbocycles. The Hall–Kier alpha value is -2.21. The van der Waals surface area contributed by atoms with Crippen LogP contribution in [0, 0.1) is 11.2 Å². The minimum absolute atomic E-state index is 0.00462. The molecule has 122 valence electrons. The highest BCUT2D eigenvalue weighted by atomic mass is 19.1. The molecule has 2 aromatic rings. The SMILES string of the molecule is CC1(C)Cc2c(cnn2-c2cccc(F)c2)[C@H](NC(=O)CN)C1. The van der Waals surface area contributed by atoms with Gasteiger partial charge in [0.05, 0.1) is 30.2 Å². The fraction of sp³-hybridized carbons (Fsp3) is 0.412. The van der Waals surface area contributed by atoms with E-state index < -0.39 is 0 Å². The van der Waals surface area contributed by atoms with Gasteiger partial charge < -0.3 is 11.1 Å². The van der Waals surface area contributed by atoms with Crippen molar-refractivity contribution in [2.45, 2.75) is 32.7 Å². The number of carbonyl (C=O) groups is 1. The zero-order valence-corrected chi connectivity index (χ0v) is 13.3. The third-order valence-corrected chi connectivity index (χ3v) is 4.25. The van der Waals surface area contributed by atoms with E-state index in [1.54, 1.807) is 16.9 Å². The molecule has 0 fully saturated rings. The first kappa shape index (κ1) is 15.7. The smallest absolute Gasteiger partial charge is 0.234 e. The van der Waals surface area contributed by atoms with Gasteiger partial charge in [0, 0.05) is 5.56 Å². The second-order valence-corrected chi connectivity index (χ2v) is 6.81. The molecule has 0 saturated heterocycles. The van der Waals surface area contributed by atoms with Crippen molar-refractivity contribution in [1.82, 2.24) is 15.1 Å². The quantitative estimate of drug-likeness (QED) is 0.911. The predicted molar refractivity (Wildman–Crippen MR) is 85.6 cm³/mol. The van der Waals surface area contributed by atoms with Crippen molar-refractivity contribution in [2.75, 3.05) is 6.54 Å².